The van der Waals surface area contributed by atoms with Gasteiger partial charge >= 0.3 is 0 Å². The zero-order valence-corrected chi connectivity index (χ0v) is 10.1. The lowest BCUT2D eigenvalue weighted by molar-refractivity contribution is 0.145. The Morgan fingerprint density at radius 2 is 2.06 bits per heavy atom. The Balaban J connectivity index is 2.19. The molecule has 0 aromatic heterocycles. The van der Waals surface area contributed by atoms with Crippen LogP contribution >= 0.6 is 0 Å². The van der Waals surface area contributed by atoms with Crippen LogP contribution in [-0.2, 0) is 0 Å². The summed E-state index contributed by atoms with van der Waals surface area (Å²) in [6.45, 7) is 3.82. The highest BCUT2D eigenvalue weighted by molar-refractivity contribution is 5.95. The molecule has 92 valence electrons. The number of hydrogen-bond donors (Lipinski definition) is 3. The van der Waals surface area contributed by atoms with Gasteiger partial charge in [-0.1, -0.05) is 0 Å². The van der Waals surface area contributed by atoms with Gasteiger partial charge in [-0.2, -0.15) is 0 Å². The third kappa shape index (κ3) is 2.58. The van der Waals surface area contributed by atoms with E-state index in [1.807, 2.05) is 25.1 Å². The SMILES string of the molecule is Cc1cc(C(=N)N)ccc1N1CCC(O)CC1. The van der Waals surface area contributed by atoms with Gasteiger partial charge < -0.3 is 15.7 Å². The minimum absolute atomic E-state index is 0.105. The normalized spacial score (nSPS) is 17.2. The summed E-state index contributed by atoms with van der Waals surface area (Å²) in [6.07, 6.45) is 1.50. The molecule has 1 aliphatic rings. The predicted molar refractivity (Wildman–Crippen MR) is 69.6 cm³/mol. The second kappa shape index (κ2) is 4.75. The average molecular weight is 233 g/mol. The van der Waals surface area contributed by atoms with Gasteiger partial charge in [-0.05, 0) is 43.5 Å². The van der Waals surface area contributed by atoms with Crippen LogP contribution in [-0.4, -0.2) is 30.1 Å². The van der Waals surface area contributed by atoms with Crippen molar-refractivity contribution in [3.63, 3.8) is 0 Å². The van der Waals surface area contributed by atoms with Crippen LogP contribution in [0, 0.1) is 12.3 Å². The molecule has 0 radical (unpaired) electrons. The molecule has 0 saturated carbocycles. The van der Waals surface area contributed by atoms with Crippen molar-refractivity contribution in [3.05, 3.63) is 29.3 Å². The Labute approximate surface area is 102 Å². The molecule has 17 heavy (non-hydrogen) atoms. The molecule has 1 aromatic rings. The summed E-state index contributed by atoms with van der Waals surface area (Å²) in [5.41, 5.74) is 8.55. The predicted octanol–water partition coefficient (Wildman–Crippen LogP) is 1.24. The molecule has 0 amide bonds. The first-order valence-electron chi connectivity index (χ1n) is 5.96. The summed E-state index contributed by atoms with van der Waals surface area (Å²) in [5, 5.41) is 16.9. The maximum Gasteiger partial charge on any atom is 0.122 e. The lowest BCUT2D eigenvalue weighted by atomic mass is 10.0. The van der Waals surface area contributed by atoms with Crippen molar-refractivity contribution in [1.82, 2.24) is 0 Å². The molecule has 0 atom stereocenters. The van der Waals surface area contributed by atoms with E-state index >= 15 is 0 Å². The number of aliphatic hydroxyl groups is 1. The first-order chi connectivity index (χ1) is 8.08. The van der Waals surface area contributed by atoms with Crippen molar-refractivity contribution in [1.29, 1.82) is 5.41 Å². The molecule has 2 rings (SSSR count). The van der Waals surface area contributed by atoms with Crippen LogP contribution in [0.4, 0.5) is 5.69 Å². The van der Waals surface area contributed by atoms with Crippen molar-refractivity contribution < 1.29 is 5.11 Å². The first-order valence-corrected chi connectivity index (χ1v) is 5.96. The number of anilines is 1. The number of hydrogen-bond acceptors (Lipinski definition) is 3. The molecule has 1 saturated heterocycles. The fourth-order valence-corrected chi connectivity index (χ4v) is 2.28. The fraction of sp³-hybridized carbons (Fsp3) is 0.462. The second-order valence-corrected chi connectivity index (χ2v) is 4.63. The number of nitrogens with one attached hydrogen (secondary N) is 1. The Bertz CT molecular complexity index is 423. The van der Waals surface area contributed by atoms with Gasteiger partial charge in [-0.25, -0.2) is 0 Å². The molecular formula is C13H19N3O. The van der Waals surface area contributed by atoms with Crippen molar-refractivity contribution in [3.8, 4) is 0 Å². The summed E-state index contributed by atoms with van der Waals surface area (Å²) in [6, 6.07) is 5.85. The van der Waals surface area contributed by atoms with E-state index in [1.165, 1.54) is 5.69 Å². The quantitative estimate of drug-likeness (QED) is 0.531. The van der Waals surface area contributed by atoms with Crippen LogP contribution in [0.2, 0.25) is 0 Å². The van der Waals surface area contributed by atoms with Crippen LogP contribution in [0.5, 0.6) is 0 Å². The second-order valence-electron chi connectivity index (χ2n) is 4.63. The zero-order valence-electron chi connectivity index (χ0n) is 10.1. The number of benzene rings is 1. The van der Waals surface area contributed by atoms with E-state index in [-0.39, 0.29) is 11.9 Å². The van der Waals surface area contributed by atoms with E-state index in [4.69, 9.17) is 11.1 Å². The number of aryl methyl sites for hydroxylation is 1. The Morgan fingerprint density at radius 1 is 1.41 bits per heavy atom. The number of nitrogen functional groups attached to an aromatic ring is 1. The molecule has 1 heterocycles. The van der Waals surface area contributed by atoms with Gasteiger partial charge in [0.15, 0.2) is 0 Å². The number of aliphatic hydroxyl groups excluding tert-OH is 1. The monoisotopic (exact) mass is 233 g/mol. The highest BCUT2D eigenvalue weighted by atomic mass is 16.3. The number of piperidine rings is 1. The molecule has 1 fully saturated rings. The number of nitrogens with zero attached hydrogens (tertiary/aromatic N) is 1. The summed E-state index contributed by atoms with van der Waals surface area (Å²) in [7, 11) is 0. The van der Waals surface area contributed by atoms with Crippen molar-refractivity contribution in [2.45, 2.75) is 25.9 Å². The van der Waals surface area contributed by atoms with E-state index in [2.05, 4.69) is 4.90 Å². The lowest BCUT2D eigenvalue weighted by Gasteiger charge is -2.32. The van der Waals surface area contributed by atoms with Crippen molar-refractivity contribution in [2.24, 2.45) is 5.73 Å². The van der Waals surface area contributed by atoms with Crippen molar-refractivity contribution in [2.75, 3.05) is 18.0 Å². The number of amidine groups is 1. The van der Waals surface area contributed by atoms with Crippen molar-refractivity contribution >= 4 is 11.5 Å². The summed E-state index contributed by atoms with van der Waals surface area (Å²) >= 11 is 0. The van der Waals surface area contributed by atoms with Gasteiger partial charge in [0.25, 0.3) is 0 Å². The highest BCUT2D eigenvalue weighted by Crippen LogP contribution is 2.24. The minimum Gasteiger partial charge on any atom is -0.393 e. The number of rotatable bonds is 2. The third-order valence-electron chi connectivity index (χ3n) is 3.31. The van der Waals surface area contributed by atoms with Gasteiger partial charge in [-0.3, -0.25) is 5.41 Å². The molecule has 1 aromatic carbocycles. The highest BCUT2D eigenvalue weighted by Gasteiger charge is 2.18. The van der Waals surface area contributed by atoms with Gasteiger partial charge in [0.05, 0.1) is 6.10 Å². The standard InChI is InChI=1S/C13H19N3O/c1-9-8-10(13(14)15)2-3-12(9)16-6-4-11(17)5-7-16/h2-3,8,11,17H,4-7H2,1H3,(H3,14,15). The van der Waals surface area contributed by atoms with Gasteiger partial charge in [0, 0.05) is 24.3 Å². The lowest BCUT2D eigenvalue weighted by Crippen LogP contribution is -2.36. The van der Waals surface area contributed by atoms with Crippen LogP contribution < -0.4 is 10.6 Å². The Morgan fingerprint density at radius 3 is 2.59 bits per heavy atom. The van der Waals surface area contributed by atoms with Crippen LogP contribution in [0.3, 0.4) is 0 Å². The van der Waals surface area contributed by atoms with E-state index in [9.17, 15) is 5.11 Å². The summed E-state index contributed by atoms with van der Waals surface area (Å²) < 4.78 is 0. The van der Waals surface area contributed by atoms with Gasteiger partial charge in [-0.15, -0.1) is 0 Å². The average Bonchev–Trinajstić information content (AvgIpc) is 2.30. The Kier molecular flexibility index (Phi) is 3.33. The smallest absolute Gasteiger partial charge is 0.122 e. The van der Waals surface area contributed by atoms with E-state index in [0.29, 0.717) is 0 Å². The molecule has 0 bridgehead atoms. The van der Waals surface area contributed by atoms with E-state index in [0.717, 1.165) is 37.1 Å². The van der Waals surface area contributed by atoms with E-state index in [1.54, 1.807) is 0 Å². The molecule has 4 N–H and O–H groups in total. The zero-order chi connectivity index (χ0) is 12.4. The third-order valence-corrected chi connectivity index (χ3v) is 3.31. The van der Waals surface area contributed by atoms with Gasteiger partial charge in [0.2, 0.25) is 0 Å². The molecule has 0 unspecified atom stereocenters. The summed E-state index contributed by atoms with van der Waals surface area (Å²) in [4.78, 5) is 2.28. The van der Waals surface area contributed by atoms with Gasteiger partial charge in [0.1, 0.15) is 5.84 Å². The first kappa shape index (κ1) is 11.9. The van der Waals surface area contributed by atoms with Crippen LogP contribution in [0.25, 0.3) is 0 Å². The molecule has 4 heteroatoms. The Hall–Kier alpha value is -1.55. The molecular weight excluding hydrogens is 214 g/mol. The van der Waals surface area contributed by atoms with E-state index < -0.39 is 0 Å². The van der Waals surface area contributed by atoms with Crippen LogP contribution in [0.1, 0.15) is 24.0 Å². The molecule has 0 aliphatic carbocycles. The fourth-order valence-electron chi connectivity index (χ4n) is 2.28. The topological polar surface area (TPSA) is 73.3 Å². The summed E-state index contributed by atoms with van der Waals surface area (Å²) in [5.74, 6) is 0.105. The molecule has 0 spiro atoms. The van der Waals surface area contributed by atoms with Crippen LogP contribution in [0.15, 0.2) is 18.2 Å². The maximum absolute atomic E-state index is 9.49. The molecule has 1 aliphatic heterocycles. The number of nitrogens with two attached hydrogens (primary N) is 1. The largest absolute Gasteiger partial charge is 0.393 e. The molecule has 4 nitrogen and oxygen atoms in total. The maximum atomic E-state index is 9.49. The minimum atomic E-state index is -0.150.